The van der Waals surface area contributed by atoms with E-state index in [4.69, 9.17) is 12.2 Å². The summed E-state index contributed by atoms with van der Waals surface area (Å²) in [7, 11) is 0. The van der Waals surface area contributed by atoms with E-state index in [1.54, 1.807) is 16.8 Å². The average molecular weight is 582 g/mol. The molecule has 0 saturated carbocycles. The predicted octanol–water partition coefficient (Wildman–Crippen LogP) is 6.65. The number of pyridine rings is 1. The minimum Gasteiger partial charge on any atom is -0.352 e. The van der Waals surface area contributed by atoms with Crippen LogP contribution in [0.5, 0.6) is 0 Å². The highest BCUT2D eigenvalue weighted by molar-refractivity contribution is 7.80. The van der Waals surface area contributed by atoms with Gasteiger partial charge in [0.1, 0.15) is 5.82 Å². The summed E-state index contributed by atoms with van der Waals surface area (Å²) >= 11 is 5.71. The molecule has 1 amide bonds. The Morgan fingerprint density at radius 3 is 2.49 bits per heavy atom. The summed E-state index contributed by atoms with van der Waals surface area (Å²) in [6.45, 7) is 3.96. The number of halogens is 4. The van der Waals surface area contributed by atoms with Crippen molar-refractivity contribution in [1.29, 1.82) is 0 Å². The maximum absolute atomic E-state index is 13.5. The minimum atomic E-state index is -4.47. The van der Waals surface area contributed by atoms with Crippen LogP contribution < -0.4 is 10.6 Å². The third-order valence-corrected chi connectivity index (χ3v) is 7.48. The van der Waals surface area contributed by atoms with E-state index in [-0.39, 0.29) is 31.0 Å². The molecule has 41 heavy (non-hydrogen) atoms. The standard InChI is InChI=1S/C30H27F4N5OS/c1-18-16-24(19(2)39(18)23-7-5-6-20(17-23)30(32,33)34)28-27(25-8-3-4-14-35-25)37-29(41)38(28)15-13-26(40)36-22-11-9-21(31)10-12-22/h3-12,14,16-17,27-28H,13,15H2,1-2H3,(H,36,40)(H,37,41)/t27-,28+/m0/s1. The zero-order chi connectivity index (χ0) is 29.3. The highest BCUT2D eigenvalue weighted by Crippen LogP contribution is 2.42. The van der Waals surface area contributed by atoms with E-state index in [0.29, 0.717) is 16.5 Å². The first-order valence-electron chi connectivity index (χ1n) is 12.9. The Morgan fingerprint density at radius 2 is 1.80 bits per heavy atom. The number of aryl methyl sites for hydroxylation is 1. The van der Waals surface area contributed by atoms with Gasteiger partial charge in [-0.05, 0) is 92.3 Å². The van der Waals surface area contributed by atoms with Gasteiger partial charge in [-0.1, -0.05) is 12.1 Å². The number of alkyl halides is 3. The first kappa shape index (κ1) is 28.3. The monoisotopic (exact) mass is 581 g/mol. The first-order valence-corrected chi connectivity index (χ1v) is 13.3. The van der Waals surface area contributed by atoms with Gasteiger partial charge in [0.15, 0.2) is 5.11 Å². The molecule has 1 saturated heterocycles. The molecule has 0 unspecified atom stereocenters. The summed E-state index contributed by atoms with van der Waals surface area (Å²) in [6, 6.07) is 17.5. The Kier molecular flexibility index (Phi) is 7.81. The van der Waals surface area contributed by atoms with E-state index in [1.165, 1.54) is 30.3 Å². The van der Waals surface area contributed by atoms with Crippen molar-refractivity contribution in [3.8, 4) is 5.69 Å². The van der Waals surface area contributed by atoms with Gasteiger partial charge in [-0.3, -0.25) is 9.78 Å². The SMILES string of the molecule is Cc1cc([C@@H]2[C@H](c3ccccn3)NC(=S)N2CCC(=O)Nc2ccc(F)cc2)c(C)n1-c1cccc(C(F)(F)F)c1. The maximum atomic E-state index is 13.5. The Labute approximate surface area is 240 Å². The average Bonchev–Trinajstić information content (AvgIpc) is 3.43. The van der Waals surface area contributed by atoms with Crippen LogP contribution in [0.2, 0.25) is 0 Å². The van der Waals surface area contributed by atoms with E-state index < -0.39 is 17.6 Å². The molecule has 4 aromatic rings. The summed E-state index contributed by atoms with van der Waals surface area (Å²) in [5, 5.41) is 6.54. The molecule has 2 N–H and O–H groups in total. The number of aromatic nitrogens is 2. The number of amides is 1. The van der Waals surface area contributed by atoms with Crippen molar-refractivity contribution in [1.82, 2.24) is 19.8 Å². The minimum absolute atomic E-state index is 0.0942. The summed E-state index contributed by atoms with van der Waals surface area (Å²) in [5.41, 5.74) is 3.24. The number of nitrogens with one attached hydrogen (secondary N) is 2. The fourth-order valence-electron chi connectivity index (χ4n) is 5.27. The molecular weight excluding hydrogens is 554 g/mol. The fourth-order valence-corrected chi connectivity index (χ4v) is 5.60. The third-order valence-electron chi connectivity index (χ3n) is 7.13. The lowest BCUT2D eigenvalue weighted by molar-refractivity contribution is -0.137. The number of thiocarbonyl (C=S) groups is 1. The first-order chi connectivity index (χ1) is 19.5. The number of anilines is 1. The van der Waals surface area contributed by atoms with Gasteiger partial charge in [0.05, 0.1) is 23.3 Å². The van der Waals surface area contributed by atoms with Gasteiger partial charge >= 0.3 is 6.18 Å². The van der Waals surface area contributed by atoms with E-state index in [9.17, 15) is 22.4 Å². The van der Waals surface area contributed by atoms with Crippen LogP contribution >= 0.6 is 12.2 Å². The Bertz CT molecular complexity index is 1570. The predicted molar refractivity (Wildman–Crippen MR) is 152 cm³/mol. The number of carbonyl (C=O) groups is 1. The van der Waals surface area contributed by atoms with Gasteiger partial charge < -0.3 is 20.1 Å². The molecule has 0 radical (unpaired) electrons. The Balaban J connectivity index is 1.48. The van der Waals surface area contributed by atoms with Crippen LogP contribution in [0.25, 0.3) is 5.69 Å². The number of rotatable bonds is 7. The number of hydrogen-bond donors (Lipinski definition) is 2. The molecule has 2 aromatic carbocycles. The molecule has 1 fully saturated rings. The van der Waals surface area contributed by atoms with Crippen molar-refractivity contribution in [2.45, 2.75) is 38.5 Å². The lowest BCUT2D eigenvalue weighted by atomic mass is 9.96. The van der Waals surface area contributed by atoms with Crippen LogP contribution in [0.3, 0.4) is 0 Å². The fraction of sp³-hybridized carbons (Fsp3) is 0.233. The second kappa shape index (κ2) is 11.3. The highest BCUT2D eigenvalue weighted by atomic mass is 32.1. The maximum Gasteiger partial charge on any atom is 0.416 e. The molecule has 5 rings (SSSR count). The smallest absolute Gasteiger partial charge is 0.352 e. The summed E-state index contributed by atoms with van der Waals surface area (Å²) in [6.07, 6.45) is -2.69. The van der Waals surface area contributed by atoms with E-state index in [2.05, 4.69) is 15.6 Å². The number of carbonyl (C=O) groups excluding carboxylic acids is 1. The lowest BCUT2D eigenvalue weighted by Crippen LogP contribution is -2.32. The molecule has 6 nitrogen and oxygen atoms in total. The van der Waals surface area contributed by atoms with E-state index >= 15 is 0 Å². The van der Waals surface area contributed by atoms with Crippen molar-refractivity contribution in [2.75, 3.05) is 11.9 Å². The molecule has 0 aliphatic carbocycles. The molecule has 3 heterocycles. The lowest BCUT2D eigenvalue weighted by Gasteiger charge is -2.28. The Hall–Kier alpha value is -4.25. The van der Waals surface area contributed by atoms with Crippen LogP contribution in [-0.4, -0.2) is 32.0 Å². The molecule has 1 aliphatic heterocycles. The van der Waals surface area contributed by atoms with Gasteiger partial charge in [-0.25, -0.2) is 4.39 Å². The van der Waals surface area contributed by atoms with Crippen LogP contribution in [0.4, 0.5) is 23.2 Å². The van der Waals surface area contributed by atoms with Gasteiger partial charge in [-0.2, -0.15) is 13.2 Å². The van der Waals surface area contributed by atoms with E-state index in [1.807, 2.05) is 43.0 Å². The van der Waals surface area contributed by atoms with Crippen LogP contribution in [0.1, 0.15) is 46.7 Å². The zero-order valence-corrected chi connectivity index (χ0v) is 23.1. The van der Waals surface area contributed by atoms with Gasteiger partial charge in [0.2, 0.25) is 5.91 Å². The van der Waals surface area contributed by atoms with Crippen LogP contribution in [0, 0.1) is 19.7 Å². The second-order valence-electron chi connectivity index (χ2n) is 9.84. The quantitative estimate of drug-likeness (QED) is 0.189. The molecule has 0 spiro atoms. The van der Waals surface area contributed by atoms with Crippen molar-refractivity contribution < 1.29 is 22.4 Å². The molecule has 2 atom stereocenters. The van der Waals surface area contributed by atoms with Crippen LogP contribution in [0.15, 0.2) is 79.0 Å². The van der Waals surface area contributed by atoms with Crippen molar-refractivity contribution in [3.05, 3.63) is 113 Å². The largest absolute Gasteiger partial charge is 0.416 e. The summed E-state index contributed by atoms with van der Waals surface area (Å²) < 4.78 is 55.5. The summed E-state index contributed by atoms with van der Waals surface area (Å²) in [5.74, 6) is -0.670. The van der Waals surface area contributed by atoms with Gasteiger partial charge in [0.25, 0.3) is 0 Å². The summed E-state index contributed by atoms with van der Waals surface area (Å²) in [4.78, 5) is 19.2. The normalized spacial score (nSPS) is 17.0. The number of hydrogen-bond acceptors (Lipinski definition) is 3. The molecule has 0 bridgehead atoms. The molecule has 11 heteroatoms. The van der Waals surface area contributed by atoms with Crippen molar-refractivity contribution in [3.63, 3.8) is 0 Å². The Morgan fingerprint density at radius 1 is 1.05 bits per heavy atom. The highest BCUT2D eigenvalue weighted by Gasteiger charge is 2.41. The van der Waals surface area contributed by atoms with Crippen molar-refractivity contribution in [2.24, 2.45) is 0 Å². The topological polar surface area (TPSA) is 62.2 Å². The zero-order valence-electron chi connectivity index (χ0n) is 22.2. The van der Waals surface area contributed by atoms with Crippen LogP contribution in [-0.2, 0) is 11.0 Å². The second-order valence-corrected chi connectivity index (χ2v) is 10.2. The van der Waals surface area contributed by atoms with E-state index in [0.717, 1.165) is 34.8 Å². The number of benzene rings is 2. The van der Waals surface area contributed by atoms with Gasteiger partial charge in [-0.15, -0.1) is 0 Å². The third kappa shape index (κ3) is 5.95. The molecular formula is C30H27F4N5OS. The number of nitrogens with zero attached hydrogens (tertiary/aromatic N) is 3. The molecule has 212 valence electrons. The molecule has 2 aromatic heterocycles. The van der Waals surface area contributed by atoms with Gasteiger partial charge in [0, 0.05) is 41.9 Å². The van der Waals surface area contributed by atoms with Crippen molar-refractivity contribution >= 4 is 28.9 Å². The molecule has 1 aliphatic rings.